The molecule has 0 aliphatic rings. The van der Waals surface area contributed by atoms with Crippen LogP contribution in [0.2, 0.25) is 15.1 Å². The number of nitrogens with one attached hydrogen (secondary N) is 1. The first kappa shape index (κ1) is 24.8. The lowest BCUT2D eigenvalue weighted by atomic mass is 10.3. The minimum Gasteiger partial charge on any atom is -0.265 e. The van der Waals surface area contributed by atoms with Gasteiger partial charge in [0.15, 0.2) is 0 Å². The van der Waals surface area contributed by atoms with Gasteiger partial charge in [0, 0.05) is 23.1 Å². The molecule has 0 saturated carbocycles. The second kappa shape index (κ2) is 9.94. The Balaban J connectivity index is 1.89. The van der Waals surface area contributed by atoms with Crippen molar-refractivity contribution in [1.29, 1.82) is 0 Å². The third-order valence-electron chi connectivity index (χ3n) is 4.31. The van der Waals surface area contributed by atoms with E-state index in [1.54, 1.807) is 0 Å². The van der Waals surface area contributed by atoms with Crippen LogP contribution in [0, 0.1) is 5.82 Å². The van der Waals surface area contributed by atoms with Gasteiger partial charge in [0.1, 0.15) is 10.7 Å². The summed E-state index contributed by atoms with van der Waals surface area (Å²) in [6.45, 7) is -0.580. The zero-order chi connectivity index (χ0) is 23.5. The lowest BCUT2D eigenvalue weighted by molar-refractivity contribution is 0.577. The largest absolute Gasteiger partial charge is 0.265 e. The maximum Gasteiger partial charge on any atom is 0.264 e. The molecular weight excluding hydrogens is 522 g/mol. The molecule has 0 unspecified atom stereocenters. The topological polar surface area (TPSA) is 83.6 Å². The van der Waals surface area contributed by atoms with Crippen LogP contribution in [0.25, 0.3) is 0 Å². The highest BCUT2D eigenvalue weighted by Gasteiger charge is 2.26. The summed E-state index contributed by atoms with van der Waals surface area (Å²) in [7, 11) is -8.19. The summed E-state index contributed by atoms with van der Waals surface area (Å²) in [4.78, 5) is -0.299. The maximum absolute atomic E-state index is 13.4. The van der Waals surface area contributed by atoms with Crippen LogP contribution in [0.4, 0.5) is 10.1 Å². The Morgan fingerprint density at radius 1 is 0.812 bits per heavy atom. The number of hydrogen-bond donors (Lipinski definition) is 1. The highest BCUT2D eigenvalue weighted by molar-refractivity contribution is 7.92. The molecule has 0 aromatic heterocycles. The molecule has 6 nitrogen and oxygen atoms in total. The van der Waals surface area contributed by atoms with E-state index in [1.807, 2.05) is 0 Å². The Morgan fingerprint density at radius 2 is 1.41 bits per heavy atom. The number of nitrogens with zero attached hydrogens (tertiary/aromatic N) is 1. The van der Waals surface area contributed by atoms with E-state index in [1.165, 1.54) is 54.6 Å². The molecule has 170 valence electrons. The number of rotatable bonds is 8. The van der Waals surface area contributed by atoms with Crippen LogP contribution in [0.5, 0.6) is 0 Å². The summed E-state index contributed by atoms with van der Waals surface area (Å²) in [5, 5.41) is 0.488. The summed E-state index contributed by atoms with van der Waals surface area (Å²) in [6, 6.07) is 14.2. The van der Waals surface area contributed by atoms with Crippen molar-refractivity contribution < 1.29 is 21.2 Å². The standard InChI is InChI=1S/C20H16Cl3FN2O4S2/c21-14-1-8-18(9-2-14)32(29,30)26(17-6-4-16(24)5-7-17)12-11-25-31(27,28)20-13-15(22)3-10-19(20)23/h1-10,13,25H,11-12H2. The summed E-state index contributed by atoms with van der Waals surface area (Å²) in [5.41, 5.74) is 0.154. The van der Waals surface area contributed by atoms with Gasteiger partial charge in [-0.1, -0.05) is 34.8 Å². The first-order valence-electron chi connectivity index (χ1n) is 8.99. The molecule has 0 aliphatic carbocycles. The zero-order valence-corrected chi connectivity index (χ0v) is 20.1. The monoisotopic (exact) mass is 536 g/mol. The first-order valence-corrected chi connectivity index (χ1v) is 13.0. The average molecular weight is 538 g/mol. The van der Waals surface area contributed by atoms with Crippen molar-refractivity contribution in [1.82, 2.24) is 4.72 Å². The Bertz CT molecular complexity index is 1320. The maximum atomic E-state index is 13.4. The van der Waals surface area contributed by atoms with Crippen molar-refractivity contribution in [2.45, 2.75) is 9.79 Å². The molecule has 0 heterocycles. The van der Waals surface area contributed by atoms with Gasteiger partial charge in [0.2, 0.25) is 10.0 Å². The Morgan fingerprint density at radius 3 is 2.03 bits per heavy atom. The third kappa shape index (κ3) is 5.72. The molecule has 0 bridgehead atoms. The van der Waals surface area contributed by atoms with E-state index in [9.17, 15) is 21.2 Å². The van der Waals surface area contributed by atoms with Crippen LogP contribution in [-0.4, -0.2) is 29.9 Å². The minimum absolute atomic E-state index is 0.0360. The van der Waals surface area contributed by atoms with Crippen molar-refractivity contribution >= 4 is 60.5 Å². The molecule has 0 radical (unpaired) electrons. The number of hydrogen-bond acceptors (Lipinski definition) is 4. The second-order valence-corrected chi connectivity index (χ2v) is 11.4. The highest BCUT2D eigenvalue weighted by atomic mass is 35.5. The molecule has 3 rings (SSSR count). The molecule has 0 aliphatic heterocycles. The van der Waals surface area contributed by atoms with Crippen LogP contribution < -0.4 is 9.03 Å². The van der Waals surface area contributed by atoms with E-state index >= 15 is 0 Å². The van der Waals surface area contributed by atoms with Gasteiger partial charge in [-0.3, -0.25) is 4.31 Å². The third-order valence-corrected chi connectivity index (χ3v) is 8.58. The van der Waals surface area contributed by atoms with Crippen molar-refractivity contribution in [3.8, 4) is 0 Å². The number of anilines is 1. The van der Waals surface area contributed by atoms with E-state index in [0.29, 0.717) is 5.02 Å². The minimum atomic E-state index is -4.11. The summed E-state index contributed by atoms with van der Waals surface area (Å²) in [5.74, 6) is -0.547. The lowest BCUT2D eigenvalue weighted by Crippen LogP contribution is -2.38. The van der Waals surface area contributed by atoms with E-state index in [-0.39, 0.29) is 38.6 Å². The fraction of sp³-hybridized carbons (Fsp3) is 0.100. The zero-order valence-electron chi connectivity index (χ0n) is 16.2. The van der Waals surface area contributed by atoms with Crippen molar-refractivity contribution in [2.24, 2.45) is 0 Å². The van der Waals surface area contributed by atoms with E-state index < -0.39 is 25.9 Å². The molecule has 0 atom stereocenters. The average Bonchev–Trinajstić information content (AvgIpc) is 2.74. The van der Waals surface area contributed by atoms with Gasteiger partial charge < -0.3 is 0 Å². The van der Waals surface area contributed by atoms with Gasteiger partial charge in [-0.25, -0.2) is 25.9 Å². The molecule has 1 N–H and O–H groups in total. The molecular formula is C20H16Cl3FN2O4S2. The molecule has 3 aromatic carbocycles. The summed E-state index contributed by atoms with van der Waals surface area (Å²) < 4.78 is 68.4. The molecule has 0 saturated heterocycles. The van der Waals surface area contributed by atoms with Crippen LogP contribution >= 0.6 is 34.8 Å². The normalized spacial score (nSPS) is 12.0. The molecule has 32 heavy (non-hydrogen) atoms. The molecule has 0 spiro atoms. The number of halogens is 4. The van der Waals surface area contributed by atoms with Gasteiger partial charge in [0.05, 0.1) is 15.6 Å². The smallest absolute Gasteiger partial charge is 0.264 e. The van der Waals surface area contributed by atoms with Gasteiger partial charge in [-0.15, -0.1) is 0 Å². The van der Waals surface area contributed by atoms with Crippen molar-refractivity contribution in [3.05, 3.63) is 87.6 Å². The second-order valence-electron chi connectivity index (χ2n) is 6.48. The van der Waals surface area contributed by atoms with Gasteiger partial charge >= 0.3 is 0 Å². The van der Waals surface area contributed by atoms with E-state index in [0.717, 1.165) is 16.4 Å². The van der Waals surface area contributed by atoms with Gasteiger partial charge in [0.25, 0.3) is 10.0 Å². The van der Waals surface area contributed by atoms with Crippen LogP contribution in [0.3, 0.4) is 0 Å². The quantitative estimate of drug-likeness (QED) is 0.440. The Labute approximate surface area is 200 Å². The Kier molecular flexibility index (Phi) is 7.69. The first-order chi connectivity index (χ1) is 15.0. The van der Waals surface area contributed by atoms with Crippen molar-refractivity contribution in [3.63, 3.8) is 0 Å². The van der Waals surface area contributed by atoms with Gasteiger partial charge in [-0.2, -0.15) is 0 Å². The Hall–Kier alpha value is -1.88. The summed E-state index contributed by atoms with van der Waals surface area (Å²) in [6.07, 6.45) is 0. The number of sulfonamides is 2. The van der Waals surface area contributed by atoms with Crippen LogP contribution in [0.15, 0.2) is 76.5 Å². The summed E-state index contributed by atoms with van der Waals surface area (Å²) >= 11 is 17.7. The molecule has 0 amide bonds. The lowest BCUT2D eigenvalue weighted by Gasteiger charge is -2.25. The molecule has 12 heteroatoms. The predicted octanol–water partition coefficient (Wildman–Crippen LogP) is 4.96. The predicted molar refractivity (Wildman–Crippen MR) is 124 cm³/mol. The SMILES string of the molecule is O=S(=O)(NCCN(c1ccc(F)cc1)S(=O)(=O)c1ccc(Cl)cc1)c1cc(Cl)ccc1Cl. The molecule has 0 fully saturated rings. The van der Waals surface area contributed by atoms with E-state index in [4.69, 9.17) is 34.8 Å². The fourth-order valence-corrected chi connectivity index (χ4v) is 6.14. The van der Waals surface area contributed by atoms with Crippen molar-refractivity contribution in [2.75, 3.05) is 17.4 Å². The molecule has 3 aromatic rings. The van der Waals surface area contributed by atoms with Gasteiger partial charge in [-0.05, 0) is 66.7 Å². The number of benzene rings is 3. The van der Waals surface area contributed by atoms with E-state index in [2.05, 4.69) is 4.72 Å². The fourth-order valence-electron chi connectivity index (χ4n) is 2.77. The highest BCUT2D eigenvalue weighted by Crippen LogP contribution is 2.26. The van der Waals surface area contributed by atoms with Crippen LogP contribution in [-0.2, 0) is 20.0 Å². The van der Waals surface area contributed by atoms with Crippen LogP contribution in [0.1, 0.15) is 0 Å².